The lowest BCUT2D eigenvalue weighted by Crippen LogP contribution is -2.41. The van der Waals surface area contributed by atoms with Crippen molar-refractivity contribution in [3.63, 3.8) is 0 Å². The zero-order valence-electron chi connectivity index (χ0n) is 19.5. The van der Waals surface area contributed by atoms with Crippen molar-refractivity contribution in [3.8, 4) is 0 Å². The van der Waals surface area contributed by atoms with Gasteiger partial charge >= 0.3 is 0 Å². The largest absolute Gasteiger partial charge is 0.353 e. The SMILES string of the molecule is O=C(Cn1cnc2nc(N3CCC(C(=O)NC4CC4)CC3)sc2c1=O)Nc1ccc2c(c1)CCC2. The number of benzene rings is 1. The Morgan fingerprint density at radius 2 is 1.89 bits per heavy atom. The summed E-state index contributed by atoms with van der Waals surface area (Å²) in [7, 11) is 0. The molecule has 2 fully saturated rings. The molecule has 6 rings (SSSR count). The van der Waals surface area contributed by atoms with Crippen molar-refractivity contribution in [1.82, 2.24) is 19.9 Å². The molecule has 2 aromatic heterocycles. The molecule has 3 aromatic rings. The minimum Gasteiger partial charge on any atom is -0.353 e. The molecule has 3 aliphatic rings. The molecular formula is C25H28N6O3S. The van der Waals surface area contributed by atoms with Crippen molar-refractivity contribution < 1.29 is 9.59 Å². The van der Waals surface area contributed by atoms with Gasteiger partial charge < -0.3 is 15.5 Å². The number of anilines is 2. The summed E-state index contributed by atoms with van der Waals surface area (Å²) in [5.74, 6) is -0.0533. The van der Waals surface area contributed by atoms with Gasteiger partial charge in [-0.1, -0.05) is 17.4 Å². The van der Waals surface area contributed by atoms with Crippen molar-refractivity contribution >= 4 is 44.3 Å². The minimum atomic E-state index is -0.262. The number of fused-ring (bicyclic) bond motifs is 2. The number of carbonyl (C=O) groups excluding carboxylic acids is 2. The number of aryl methyl sites for hydroxylation is 2. The molecular weight excluding hydrogens is 464 g/mol. The first-order valence-electron chi connectivity index (χ1n) is 12.4. The Kier molecular flexibility index (Phi) is 5.75. The van der Waals surface area contributed by atoms with Gasteiger partial charge in [0.2, 0.25) is 11.8 Å². The number of rotatable bonds is 6. The summed E-state index contributed by atoms with van der Waals surface area (Å²) in [6.45, 7) is 1.34. The highest BCUT2D eigenvalue weighted by atomic mass is 32.1. The Morgan fingerprint density at radius 3 is 2.69 bits per heavy atom. The van der Waals surface area contributed by atoms with Crippen LogP contribution in [0.1, 0.15) is 43.2 Å². The van der Waals surface area contributed by atoms with Gasteiger partial charge in [0, 0.05) is 30.7 Å². The summed E-state index contributed by atoms with van der Waals surface area (Å²) in [4.78, 5) is 49.1. The van der Waals surface area contributed by atoms with Crippen LogP contribution in [-0.2, 0) is 29.0 Å². The number of amides is 2. The van der Waals surface area contributed by atoms with Gasteiger partial charge in [-0.3, -0.25) is 19.0 Å². The minimum absolute atomic E-state index is 0.0424. The predicted octanol–water partition coefficient (Wildman–Crippen LogP) is 2.48. The average Bonchev–Trinajstić information content (AvgIpc) is 3.37. The number of hydrogen-bond acceptors (Lipinski definition) is 7. The Labute approximate surface area is 206 Å². The normalized spacial score (nSPS) is 18.0. The second-order valence-corrected chi connectivity index (χ2v) is 10.7. The second-order valence-electron chi connectivity index (χ2n) is 9.76. The van der Waals surface area contributed by atoms with Crippen LogP contribution in [0.5, 0.6) is 0 Å². The zero-order chi connectivity index (χ0) is 23.9. The highest BCUT2D eigenvalue weighted by Gasteiger charge is 2.31. The molecule has 3 heterocycles. The number of thiazole rings is 1. The first-order valence-corrected chi connectivity index (χ1v) is 13.2. The number of nitrogens with zero attached hydrogens (tertiary/aromatic N) is 4. The number of hydrogen-bond donors (Lipinski definition) is 2. The summed E-state index contributed by atoms with van der Waals surface area (Å²) in [6, 6.07) is 6.39. The van der Waals surface area contributed by atoms with Crippen LogP contribution < -0.4 is 21.1 Å². The first kappa shape index (κ1) is 22.2. The molecule has 2 N–H and O–H groups in total. The number of piperidine rings is 1. The Hall–Kier alpha value is -3.27. The number of aromatic nitrogens is 3. The molecule has 2 amide bonds. The standard InChI is InChI=1S/C25H28N6O3S/c32-20(27-19-5-4-15-2-1-3-17(15)12-19)13-31-14-26-22-21(24(31)34)35-25(29-22)30-10-8-16(9-11-30)23(33)28-18-6-7-18/h4-5,12,14,16,18H,1-3,6-11,13H2,(H,27,32)(H,28,33). The third-order valence-corrected chi connectivity index (χ3v) is 8.22. The molecule has 9 nitrogen and oxygen atoms in total. The van der Waals surface area contributed by atoms with Gasteiger partial charge in [0.05, 0.1) is 0 Å². The van der Waals surface area contributed by atoms with Crippen LogP contribution in [0, 0.1) is 5.92 Å². The van der Waals surface area contributed by atoms with Crippen molar-refractivity contribution in [2.45, 2.75) is 57.5 Å². The van der Waals surface area contributed by atoms with Gasteiger partial charge in [0.15, 0.2) is 10.8 Å². The van der Waals surface area contributed by atoms with E-state index in [2.05, 4.69) is 31.6 Å². The van der Waals surface area contributed by atoms with Gasteiger partial charge in [-0.2, -0.15) is 4.98 Å². The van der Waals surface area contributed by atoms with E-state index in [4.69, 9.17) is 0 Å². The highest BCUT2D eigenvalue weighted by Crippen LogP contribution is 2.30. The van der Waals surface area contributed by atoms with Crippen LogP contribution in [0.25, 0.3) is 10.3 Å². The maximum absolute atomic E-state index is 13.1. The van der Waals surface area contributed by atoms with Crippen LogP contribution >= 0.6 is 11.3 Å². The fraction of sp³-hybridized carbons (Fsp3) is 0.480. The van der Waals surface area contributed by atoms with E-state index in [9.17, 15) is 14.4 Å². The number of carbonyl (C=O) groups is 2. The summed E-state index contributed by atoms with van der Waals surface area (Å²) in [6.07, 6.45) is 8.41. The van der Waals surface area contributed by atoms with E-state index < -0.39 is 0 Å². The maximum atomic E-state index is 13.1. The third-order valence-electron chi connectivity index (χ3n) is 7.13. The van der Waals surface area contributed by atoms with Crippen molar-refractivity contribution in [2.24, 2.45) is 5.92 Å². The van der Waals surface area contributed by atoms with E-state index in [0.29, 0.717) is 16.4 Å². The lowest BCUT2D eigenvalue weighted by molar-refractivity contribution is -0.125. The van der Waals surface area contributed by atoms with Gasteiger partial charge in [0.1, 0.15) is 17.6 Å². The van der Waals surface area contributed by atoms with E-state index in [-0.39, 0.29) is 29.8 Å². The van der Waals surface area contributed by atoms with Crippen molar-refractivity contribution in [2.75, 3.05) is 23.3 Å². The molecule has 1 saturated heterocycles. The Morgan fingerprint density at radius 1 is 1.09 bits per heavy atom. The van der Waals surface area contributed by atoms with Crippen LogP contribution in [0.4, 0.5) is 10.8 Å². The first-order chi connectivity index (χ1) is 17.0. The van der Waals surface area contributed by atoms with Crippen molar-refractivity contribution in [1.29, 1.82) is 0 Å². The molecule has 35 heavy (non-hydrogen) atoms. The highest BCUT2D eigenvalue weighted by molar-refractivity contribution is 7.22. The molecule has 1 aromatic carbocycles. The van der Waals surface area contributed by atoms with Gasteiger partial charge in [-0.25, -0.2) is 4.98 Å². The maximum Gasteiger partial charge on any atom is 0.273 e. The zero-order valence-corrected chi connectivity index (χ0v) is 20.3. The molecule has 0 atom stereocenters. The van der Waals surface area contributed by atoms with E-state index in [1.165, 1.54) is 33.4 Å². The fourth-order valence-corrected chi connectivity index (χ4v) is 5.99. The molecule has 1 saturated carbocycles. The molecule has 1 aliphatic heterocycles. The smallest absolute Gasteiger partial charge is 0.273 e. The van der Waals surface area contributed by atoms with E-state index in [1.54, 1.807) is 0 Å². The lowest BCUT2D eigenvalue weighted by Gasteiger charge is -2.30. The van der Waals surface area contributed by atoms with Gasteiger partial charge in [-0.05, 0) is 68.2 Å². The van der Waals surface area contributed by atoms with E-state index in [1.807, 2.05) is 12.1 Å². The van der Waals surface area contributed by atoms with Crippen LogP contribution in [0.2, 0.25) is 0 Å². The molecule has 0 radical (unpaired) electrons. The monoisotopic (exact) mass is 492 g/mol. The molecule has 10 heteroatoms. The summed E-state index contributed by atoms with van der Waals surface area (Å²) < 4.78 is 1.78. The van der Waals surface area contributed by atoms with Gasteiger partial charge in [-0.15, -0.1) is 0 Å². The topological polar surface area (TPSA) is 109 Å². The summed E-state index contributed by atoms with van der Waals surface area (Å²) >= 11 is 1.31. The Bertz CT molecular complexity index is 1350. The average molecular weight is 493 g/mol. The van der Waals surface area contributed by atoms with E-state index >= 15 is 0 Å². The van der Waals surface area contributed by atoms with Gasteiger partial charge in [0.25, 0.3) is 5.56 Å². The lowest BCUT2D eigenvalue weighted by atomic mass is 9.96. The van der Waals surface area contributed by atoms with E-state index in [0.717, 1.165) is 68.9 Å². The third kappa shape index (κ3) is 4.67. The molecule has 0 unspecified atom stereocenters. The van der Waals surface area contributed by atoms with Crippen LogP contribution in [0.15, 0.2) is 29.3 Å². The molecule has 182 valence electrons. The van der Waals surface area contributed by atoms with Crippen LogP contribution in [-0.4, -0.2) is 45.5 Å². The number of nitrogens with one attached hydrogen (secondary N) is 2. The predicted molar refractivity (Wildman–Crippen MR) is 135 cm³/mol. The van der Waals surface area contributed by atoms with Crippen LogP contribution in [0.3, 0.4) is 0 Å². The van der Waals surface area contributed by atoms with Crippen molar-refractivity contribution in [3.05, 3.63) is 46.0 Å². The quantitative estimate of drug-likeness (QED) is 0.547. The fourth-order valence-electron chi connectivity index (χ4n) is 4.97. The summed E-state index contributed by atoms with van der Waals surface area (Å²) in [5, 5.41) is 6.74. The molecule has 2 aliphatic carbocycles. The summed E-state index contributed by atoms with van der Waals surface area (Å²) in [5.41, 5.74) is 3.53. The molecule has 0 spiro atoms. The Balaban J connectivity index is 1.11. The second kappa shape index (κ2) is 9.07. The molecule has 0 bridgehead atoms.